The Balaban J connectivity index is 3.67. The van der Waals surface area contributed by atoms with Gasteiger partial charge in [0, 0.05) is 26.1 Å². The van der Waals surface area contributed by atoms with E-state index in [-0.39, 0.29) is 5.91 Å². The molecule has 0 bridgehead atoms. The summed E-state index contributed by atoms with van der Waals surface area (Å²) in [6.07, 6.45) is 47.2. The number of carbonyl (C=O) groups excluding carboxylic acids is 1. The fourth-order valence-electron chi connectivity index (χ4n) is 5.74. The van der Waals surface area contributed by atoms with Crippen molar-refractivity contribution in [2.75, 3.05) is 19.6 Å². The van der Waals surface area contributed by atoms with Crippen molar-refractivity contribution in [3.05, 3.63) is 24.3 Å². The van der Waals surface area contributed by atoms with Gasteiger partial charge in [-0.15, -0.1) is 0 Å². The molecule has 0 aromatic rings. The predicted octanol–water partition coefficient (Wildman–Crippen LogP) is 12.2. The zero-order valence-corrected chi connectivity index (χ0v) is 28.9. The van der Waals surface area contributed by atoms with Crippen molar-refractivity contribution in [2.45, 2.75) is 200 Å². The Morgan fingerprint density at radius 1 is 0.452 bits per heavy atom. The molecule has 42 heavy (non-hydrogen) atoms. The first-order valence-electron chi connectivity index (χ1n) is 19.0. The van der Waals surface area contributed by atoms with Crippen molar-refractivity contribution in [3.8, 4) is 0 Å². The Bertz CT molecular complexity index is 543. The van der Waals surface area contributed by atoms with Gasteiger partial charge in [-0.25, -0.2) is 0 Å². The Morgan fingerprint density at radius 2 is 0.738 bits per heavy atom. The first-order chi connectivity index (χ1) is 20.8. The average molecular weight is 589 g/mol. The lowest BCUT2D eigenvalue weighted by atomic mass is 10.1. The molecule has 0 aliphatic heterocycles. The van der Waals surface area contributed by atoms with Crippen LogP contribution in [0, 0.1) is 0 Å². The van der Waals surface area contributed by atoms with Gasteiger partial charge < -0.3 is 10.6 Å². The van der Waals surface area contributed by atoms with E-state index in [1.54, 1.807) is 0 Å². The third-order valence-electron chi connectivity index (χ3n) is 8.59. The predicted molar refractivity (Wildman–Crippen MR) is 189 cm³/mol. The minimum absolute atomic E-state index is 0.262. The summed E-state index contributed by atoms with van der Waals surface area (Å²) >= 11 is 0. The van der Waals surface area contributed by atoms with Gasteiger partial charge >= 0.3 is 0 Å². The van der Waals surface area contributed by atoms with Gasteiger partial charge in [0.1, 0.15) is 0 Å². The second kappa shape index (κ2) is 36.1. The minimum Gasteiger partial charge on any atom is -0.343 e. The highest BCUT2D eigenvalue weighted by atomic mass is 16.2. The van der Waals surface area contributed by atoms with E-state index in [1.807, 2.05) is 0 Å². The molecule has 0 atom stereocenters. The molecule has 3 nitrogen and oxygen atoms in total. The zero-order valence-electron chi connectivity index (χ0n) is 28.9. The number of unbranched alkanes of at least 4 members (excludes halogenated alkanes) is 24. The van der Waals surface area contributed by atoms with E-state index in [1.165, 1.54) is 167 Å². The second-order valence-corrected chi connectivity index (χ2v) is 12.8. The topological polar surface area (TPSA) is 46.3 Å². The fraction of sp³-hybridized carbons (Fsp3) is 0.872. The molecule has 0 spiro atoms. The van der Waals surface area contributed by atoms with Crippen molar-refractivity contribution < 1.29 is 4.79 Å². The molecule has 0 aliphatic carbocycles. The van der Waals surface area contributed by atoms with Gasteiger partial charge in [-0.3, -0.25) is 4.79 Å². The third kappa shape index (κ3) is 31.8. The maximum atomic E-state index is 12.6. The summed E-state index contributed by atoms with van der Waals surface area (Å²) in [4.78, 5) is 14.7. The van der Waals surface area contributed by atoms with E-state index in [4.69, 9.17) is 5.73 Å². The second-order valence-electron chi connectivity index (χ2n) is 12.8. The van der Waals surface area contributed by atoms with E-state index in [2.05, 4.69) is 43.1 Å². The van der Waals surface area contributed by atoms with E-state index < -0.39 is 0 Å². The molecule has 1 amide bonds. The number of hydrogen-bond donors (Lipinski definition) is 1. The van der Waals surface area contributed by atoms with Crippen LogP contribution in [0.4, 0.5) is 0 Å². The summed E-state index contributed by atoms with van der Waals surface area (Å²) in [5.74, 6) is 0.262. The maximum absolute atomic E-state index is 12.6. The summed E-state index contributed by atoms with van der Waals surface area (Å²) < 4.78 is 0. The SMILES string of the molecule is CCCCCCCC/C=C/CCCCCCCCN(CCCCCCCC/C=C/CCCCCCCC)C(=O)CCN. The Hall–Kier alpha value is -1.09. The quantitative estimate of drug-likeness (QED) is 0.0600. The molecule has 0 radical (unpaired) electrons. The summed E-state index contributed by atoms with van der Waals surface area (Å²) in [5, 5.41) is 0. The molecule has 0 saturated carbocycles. The molecule has 0 heterocycles. The van der Waals surface area contributed by atoms with Gasteiger partial charge in [-0.2, -0.15) is 0 Å². The van der Waals surface area contributed by atoms with Crippen LogP contribution in [0.5, 0.6) is 0 Å². The first kappa shape index (κ1) is 40.9. The van der Waals surface area contributed by atoms with E-state index >= 15 is 0 Å². The lowest BCUT2D eigenvalue weighted by Crippen LogP contribution is -2.34. The number of nitrogens with two attached hydrogens (primary N) is 1. The highest BCUT2D eigenvalue weighted by Gasteiger charge is 2.11. The average Bonchev–Trinajstić information content (AvgIpc) is 2.99. The summed E-state index contributed by atoms with van der Waals surface area (Å²) in [5.41, 5.74) is 5.69. The van der Waals surface area contributed by atoms with E-state index in [9.17, 15) is 4.79 Å². The molecule has 0 rings (SSSR count). The Kier molecular flexibility index (Phi) is 35.2. The van der Waals surface area contributed by atoms with Crippen LogP contribution in [0.15, 0.2) is 24.3 Å². The van der Waals surface area contributed by atoms with Crippen LogP contribution < -0.4 is 5.73 Å². The van der Waals surface area contributed by atoms with Gasteiger partial charge in [0.15, 0.2) is 0 Å². The number of rotatable bonds is 34. The molecule has 0 aromatic carbocycles. The van der Waals surface area contributed by atoms with Crippen molar-refractivity contribution in [1.29, 1.82) is 0 Å². The monoisotopic (exact) mass is 589 g/mol. The molecule has 0 aliphatic rings. The summed E-state index contributed by atoms with van der Waals surface area (Å²) in [6.45, 7) is 6.88. The standard InChI is InChI=1S/C39H76N2O/c1-3-5-7-9-11-13-15-17-19-21-23-25-27-29-31-33-37-41(39(42)35-36-40)38-34-32-30-28-26-24-22-20-18-16-14-12-10-8-6-4-2/h17-20H,3-16,21-38,40H2,1-2H3/b19-17+,20-18+. The molecular formula is C39H76N2O. The molecule has 0 unspecified atom stereocenters. The molecule has 3 heteroatoms. The molecule has 2 N–H and O–H groups in total. The zero-order chi connectivity index (χ0) is 30.6. The van der Waals surface area contributed by atoms with Crippen molar-refractivity contribution in [2.24, 2.45) is 5.73 Å². The number of allylic oxidation sites excluding steroid dienone is 4. The largest absolute Gasteiger partial charge is 0.343 e. The van der Waals surface area contributed by atoms with Crippen LogP contribution in [-0.2, 0) is 4.79 Å². The van der Waals surface area contributed by atoms with E-state index in [0.29, 0.717) is 13.0 Å². The first-order valence-corrected chi connectivity index (χ1v) is 19.0. The number of hydrogen-bond acceptors (Lipinski definition) is 2. The van der Waals surface area contributed by atoms with Crippen LogP contribution >= 0.6 is 0 Å². The van der Waals surface area contributed by atoms with Crippen LogP contribution in [0.1, 0.15) is 200 Å². The lowest BCUT2D eigenvalue weighted by molar-refractivity contribution is -0.131. The van der Waals surface area contributed by atoms with Crippen LogP contribution in [0.3, 0.4) is 0 Å². The van der Waals surface area contributed by atoms with Crippen LogP contribution in [-0.4, -0.2) is 30.4 Å². The molecular weight excluding hydrogens is 512 g/mol. The van der Waals surface area contributed by atoms with Crippen molar-refractivity contribution in [1.82, 2.24) is 4.90 Å². The van der Waals surface area contributed by atoms with E-state index in [0.717, 1.165) is 25.9 Å². The third-order valence-corrected chi connectivity index (χ3v) is 8.59. The van der Waals surface area contributed by atoms with Gasteiger partial charge in [0.05, 0.1) is 0 Å². The van der Waals surface area contributed by atoms with Gasteiger partial charge in [0.2, 0.25) is 5.91 Å². The highest BCUT2D eigenvalue weighted by molar-refractivity contribution is 5.76. The normalized spacial score (nSPS) is 11.8. The molecule has 0 aromatic heterocycles. The van der Waals surface area contributed by atoms with Gasteiger partial charge in [-0.05, 0) is 64.2 Å². The molecule has 0 fully saturated rings. The van der Waals surface area contributed by atoms with Gasteiger partial charge in [0.25, 0.3) is 0 Å². The fourth-order valence-corrected chi connectivity index (χ4v) is 5.74. The molecule has 248 valence electrons. The highest BCUT2D eigenvalue weighted by Crippen LogP contribution is 2.13. The van der Waals surface area contributed by atoms with Crippen LogP contribution in [0.2, 0.25) is 0 Å². The van der Waals surface area contributed by atoms with Crippen molar-refractivity contribution >= 4 is 5.91 Å². The molecule has 0 saturated heterocycles. The van der Waals surface area contributed by atoms with Gasteiger partial charge in [-0.1, -0.05) is 154 Å². The maximum Gasteiger partial charge on any atom is 0.223 e. The minimum atomic E-state index is 0.262. The summed E-state index contributed by atoms with van der Waals surface area (Å²) in [7, 11) is 0. The summed E-state index contributed by atoms with van der Waals surface area (Å²) in [6, 6.07) is 0. The Morgan fingerprint density at radius 3 is 1.05 bits per heavy atom. The van der Waals surface area contributed by atoms with Crippen LogP contribution in [0.25, 0.3) is 0 Å². The lowest BCUT2D eigenvalue weighted by Gasteiger charge is -2.22. The number of nitrogens with zero attached hydrogens (tertiary/aromatic N) is 1. The Labute approximate surface area is 264 Å². The van der Waals surface area contributed by atoms with Crippen molar-refractivity contribution in [3.63, 3.8) is 0 Å². The number of amides is 1. The number of carbonyl (C=O) groups is 1. The smallest absolute Gasteiger partial charge is 0.223 e.